The number of hydrogen-bond acceptors (Lipinski definition) is 4. The normalized spacial score (nSPS) is 10.6. The zero-order valence-corrected chi connectivity index (χ0v) is 11.0. The van der Waals surface area contributed by atoms with Crippen LogP contribution in [0, 0.1) is 0 Å². The minimum Gasteiger partial charge on any atom is -0.354 e. The summed E-state index contributed by atoms with van der Waals surface area (Å²) in [6, 6.07) is 3.84. The third kappa shape index (κ3) is 2.51. The van der Waals surface area contributed by atoms with Gasteiger partial charge in [-0.05, 0) is 11.4 Å². The van der Waals surface area contributed by atoms with Gasteiger partial charge < -0.3 is 5.32 Å². The molecule has 2 aromatic rings. The van der Waals surface area contributed by atoms with Crippen LogP contribution in [-0.4, -0.2) is 26.8 Å². The van der Waals surface area contributed by atoms with Crippen LogP contribution in [0.5, 0.6) is 0 Å². The number of nitrogens with one attached hydrogen (secondary N) is 1. The molecule has 0 saturated heterocycles. The lowest BCUT2D eigenvalue weighted by Gasteiger charge is -2.00. The first-order chi connectivity index (χ1) is 8.59. The molecule has 0 aliphatic heterocycles. The first kappa shape index (κ1) is 12.6. The van der Waals surface area contributed by atoms with Crippen LogP contribution in [0.4, 0.5) is 0 Å². The number of aromatic nitrogens is 3. The molecule has 6 nitrogen and oxygen atoms in total. The molecular formula is C11H14N4O2S. The highest BCUT2D eigenvalue weighted by Crippen LogP contribution is 2.20. The Bertz CT molecular complexity index is 597. The fraction of sp³-hybridized carbons (Fsp3) is 0.364. The molecule has 96 valence electrons. The largest absolute Gasteiger partial charge is 0.354 e. The number of carbonyl (C=O) groups excluding carboxylic acids is 1. The number of thiophene rings is 1. The molecule has 0 atom stereocenters. The molecule has 2 heterocycles. The lowest BCUT2D eigenvalue weighted by Crippen LogP contribution is -2.30. The Balaban J connectivity index is 2.21. The molecule has 0 spiro atoms. The maximum atomic E-state index is 11.9. The second-order valence-corrected chi connectivity index (χ2v) is 4.80. The Morgan fingerprint density at radius 1 is 1.56 bits per heavy atom. The van der Waals surface area contributed by atoms with Gasteiger partial charge in [0.25, 0.3) is 0 Å². The zero-order valence-electron chi connectivity index (χ0n) is 10.2. The first-order valence-corrected chi connectivity index (χ1v) is 6.39. The van der Waals surface area contributed by atoms with E-state index in [9.17, 15) is 9.59 Å². The first-order valence-electron chi connectivity index (χ1n) is 5.51. The second-order valence-electron chi connectivity index (χ2n) is 3.85. The van der Waals surface area contributed by atoms with Gasteiger partial charge in [-0.2, -0.15) is 0 Å². The summed E-state index contributed by atoms with van der Waals surface area (Å²) in [4.78, 5) is 23.6. The Labute approximate surface area is 108 Å². The summed E-state index contributed by atoms with van der Waals surface area (Å²) in [6.45, 7) is 2.21. The van der Waals surface area contributed by atoms with Crippen molar-refractivity contribution in [3.63, 3.8) is 0 Å². The van der Waals surface area contributed by atoms with Crippen LogP contribution in [0.3, 0.4) is 0 Å². The Morgan fingerprint density at radius 3 is 2.94 bits per heavy atom. The second kappa shape index (κ2) is 5.18. The van der Waals surface area contributed by atoms with Crippen molar-refractivity contribution >= 4 is 17.2 Å². The summed E-state index contributed by atoms with van der Waals surface area (Å²) >= 11 is 1.54. The van der Waals surface area contributed by atoms with Crippen molar-refractivity contribution in [2.75, 3.05) is 6.54 Å². The Morgan fingerprint density at radius 2 is 2.33 bits per heavy atom. The van der Waals surface area contributed by atoms with E-state index < -0.39 is 0 Å². The maximum absolute atomic E-state index is 11.9. The number of rotatable bonds is 4. The highest BCUT2D eigenvalue weighted by Gasteiger charge is 2.12. The molecule has 0 unspecified atom stereocenters. The van der Waals surface area contributed by atoms with E-state index in [0.29, 0.717) is 18.9 Å². The van der Waals surface area contributed by atoms with Crippen molar-refractivity contribution in [1.29, 1.82) is 0 Å². The number of hydrogen-bond donors (Lipinski definition) is 1. The van der Waals surface area contributed by atoms with E-state index in [4.69, 9.17) is 0 Å². The highest BCUT2D eigenvalue weighted by atomic mass is 32.1. The van der Waals surface area contributed by atoms with Gasteiger partial charge in [-0.3, -0.25) is 9.36 Å². The van der Waals surface area contributed by atoms with Crippen molar-refractivity contribution in [1.82, 2.24) is 19.7 Å². The molecule has 18 heavy (non-hydrogen) atoms. The Kier molecular flexibility index (Phi) is 3.61. The number of amides is 1. The van der Waals surface area contributed by atoms with Gasteiger partial charge in [0, 0.05) is 20.5 Å². The summed E-state index contributed by atoms with van der Waals surface area (Å²) in [5, 5.41) is 8.85. The number of carbonyl (C=O) groups is 1. The average Bonchev–Trinajstić information content (AvgIpc) is 2.92. The van der Waals surface area contributed by atoms with E-state index in [1.807, 2.05) is 17.5 Å². The minimum atomic E-state index is -0.177. The lowest BCUT2D eigenvalue weighted by atomic mass is 10.4. The molecule has 1 N–H and O–H groups in total. The van der Waals surface area contributed by atoms with Crippen molar-refractivity contribution in [3.8, 4) is 10.7 Å². The van der Waals surface area contributed by atoms with Gasteiger partial charge in [0.1, 0.15) is 0 Å². The van der Waals surface area contributed by atoms with Crippen LogP contribution in [0.2, 0.25) is 0 Å². The monoisotopic (exact) mass is 266 g/mol. The summed E-state index contributed by atoms with van der Waals surface area (Å²) in [7, 11) is 1.69. The van der Waals surface area contributed by atoms with Crippen LogP contribution in [-0.2, 0) is 18.4 Å². The molecule has 0 aliphatic carbocycles. The minimum absolute atomic E-state index is 0.113. The molecule has 7 heteroatoms. The van der Waals surface area contributed by atoms with Crippen LogP contribution in [0.25, 0.3) is 10.7 Å². The van der Waals surface area contributed by atoms with Gasteiger partial charge in [-0.15, -0.1) is 16.4 Å². The SMILES string of the molecule is CC(=O)NCCn1nc(-c2cccs2)n(C)c1=O. The smallest absolute Gasteiger partial charge is 0.346 e. The maximum Gasteiger partial charge on any atom is 0.346 e. The van der Waals surface area contributed by atoms with Gasteiger partial charge in [0.2, 0.25) is 5.91 Å². The Hall–Kier alpha value is -1.89. The molecule has 0 bridgehead atoms. The average molecular weight is 266 g/mol. The van der Waals surface area contributed by atoms with Gasteiger partial charge in [0.05, 0.1) is 11.4 Å². The van der Waals surface area contributed by atoms with Crippen molar-refractivity contribution in [3.05, 3.63) is 28.0 Å². The summed E-state index contributed by atoms with van der Waals surface area (Å²) in [5.74, 6) is 0.537. The molecule has 0 saturated carbocycles. The third-order valence-corrected chi connectivity index (χ3v) is 3.35. The molecule has 2 rings (SSSR count). The number of nitrogens with zero attached hydrogens (tertiary/aromatic N) is 3. The molecule has 0 fully saturated rings. The fourth-order valence-electron chi connectivity index (χ4n) is 1.59. The topological polar surface area (TPSA) is 68.9 Å². The predicted molar refractivity (Wildman–Crippen MR) is 69.5 cm³/mol. The summed E-state index contributed by atoms with van der Waals surface area (Å²) in [5.41, 5.74) is -0.177. The van der Waals surface area contributed by atoms with Gasteiger partial charge >= 0.3 is 5.69 Å². The van der Waals surface area contributed by atoms with E-state index in [-0.39, 0.29) is 11.6 Å². The fourth-order valence-corrected chi connectivity index (χ4v) is 2.34. The molecule has 0 radical (unpaired) electrons. The van der Waals surface area contributed by atoms with Crippen molar-refractivity contribution in [2.45, 2.75) is 13.5 Å². The van der Waals surface area contributed by atoms with Crippen LogP contribution < -0.4 is 11.0 Å². The van der Waals surface area contributed by atoms with Crippen LogP contribution in [0.1, 0.15) is 6.92 Å². The van der Waals surface area contributed by atoms with E-state index in [1.54, 1.807) is 7.05 Å². The molecule has 0 aliphatic rings. The quantitative estimate of drug-likeness (QED) is 0.873. The standard InChI is InChI=1S/C11H14N4O2S/c1-8(16)12-5-6-15-11(17)14(2)10(13-15)9-4-3-7-18-9/h3-4,7H,5-6H2,1-2H3,(H,12,16). The lowest BCUT2D eigenvalue weighted by molar-refractivity contribution is -0.118. The van der Waals surface area contributed by atoms with Crippen molar-refractivity contribution < 1.29 is 4.79 Å². The van der Waals surface area contributed by atoms with E-state index >= 15 is 0 Å². The summed E-state index contributed by atoms with van der Waals surface area (Å²) in [6.07, 6.45) is 0. The van der Waals surface area contributed by atoms with Crippen LogP contribution in [0.15, 0.2) is 22.3 Å². The zero-order chi connectivity index (χ0) is 13.1. The highest BCUT2D eigenvalue weighted by molar-refractivity contribution is 7.13. The van der Waals surface area contributed by atoms with Crippen molar-refractivity contribution in [2.24, 2.45) is 7.05 Å². The van der Waals surface area contributed by atoms with Gasteiger partial charge in [-0.1, -0.05) is 6.07 Å². The van der Waals surface area contributed by atoms with Gasteiger partial charge in [0.15, 0.2) is 5.82 Å². The molecule has 1 amide bonds. The van der Waals surface area contributed by atoms with E-state index in [2.05, 4.69) is 10.4 Å². The van der Waals surface area contributed by atoms with Crippen LogP contribution >= 0.6 is 11.3 Å². The third-order valence-electron chi connectivity index (χ3n) is 2.48. The molecule has 0 aromatic carbocycles. The predicted octanol–water partition coefficient (Wildman–Crippen LogP) is 0.446. The van der Waals surface area contributed by atoms with E-state index in [0.717, 1.165) is 4.88 Å². The molecule has 2 aromatic heterocycles. The summed E-state index contributed by atoms with van der Waals surface area (Å²) < 4.78 is 2.88. The molecular weight excluding hydrogens is 252 g/mol. The van der Waals surface area contributed by atoms with E-state index in [1.165, 1.54) is 27.5 Å². The van der Waals surface area contributed by atoms with Gasteiger partial charge in [-0.25, -0.2) is 9.48 Å².